The van der Waals surface area contributed by atoms with E-state index in [1.165, 1.54) is 6.07 Å². The number of hydrogen-bond acceptors (Lipinski definition) is 2. The molecule has 0 aliphatic carbocycles. The van der Waals surface area contributed by atoms with Crippen LogP contribution in [-0.4, -0.2) is 20.7 Å². The van der Waals surface area contributed by atoms with Gasteiger partial charge in [0.25, 0.3) is 0 Å². The van der Waals surface area contributed by atoms with E-state index < -0.39 is 0 Å². The summed E-state index contributed by atoms with van der Waals surface area (Å²) in [7, 11) is 3.54. The number of hydrogen-bond donors (Lipinski definition) is 1. The van der Waals surface area contributed by atoms with Crippen molar-refractivity contribution in [1.29, 1.82) is 0 Å². The van der Waals surface area contributed by atoms with Gasteiger partial charge in [-0.25, -0.2) is 4.39 Å². The molecule has 0 bridgehead atoms. The Labute approximate surface area is 96.8 Å². The molecule has 1 aromatic rings. The van der Waals surface area contributed by atoms with Crippen LogP contribution in [0.4, 0.5) is 4.39 Å². The van der Waals surface area contributed by atoms with Crippen molar-refractivity contribution < 1.29 is 9.13 Å². The molecule has 1 rings (SSSR count). The van der Waals surface area contributed by atoms with E-state index in [0.29, 0.717) is 5.92 Å². The number of ether oxygens (including phenoxy) is 1. The molecule has 0 radical (unpaired) electrons. The fourth-order valence-electron chi connectivity index (χ4n) is 1.87. The molecule has 0 aromatic heterocycles. The first kappa shape index (κ1) is 13.0. The third-order valence-electron chi connectivity index (χ3n) is 3.06. The summed E-state index contributed by atoms with van der Waals surface area (Å²) >= 11 is 0. The number of nitrogens with one attached hydrogen (secondary N) is 1. The molecule has 0 aliphatic rings. The highest BCUT2D eigenvalue weighted by Gasteiger charge is 2.18. The zero-order valence-electron chi connectivity index (χ0n) is 10.4. The van der Waals surface area contributed by atoms with Crippen LogP contribution in [0.5, 0.6) is 5.75 Å². The van der Waals surface area contributed by atoms with Crippen molar-refractivity contribution >= 4 is 0 Å². The first-order chi connectivity index (χ1) is 7.60. The van der Waals surface area contributed by atoms with E-state index >= 15 is 0 Å². The van der Waals surface area contributed by atoms with Crippen molar-refractivity contribution in [3.8, 4) is 5.75 Å². The van der Waals surface area contributed by atoms with Crippen LogP contribution in [0.25, 0.3) is 0 Å². The highest BCUT2D eigenvalue weighted by Crippen LogP contribution is 2.31. The lowest BCUT2D eigenvalue weighted by Crippen LogP contribution is -2.21. The Kier molecular flexibility index (Phi) is 4.74. The normalized spacial score (nSPS) is 14.6. The van der Waals surface area contributed by atoms with E-state index in [9.17, 15) is 4.39 Å². The van der Waals surface area contributed by atoms with Crippen LogP contribution in [0.3, 0.4) is 0 Å². The first-order valence-corrected chi connectivity index (χ1v) is 5.58. The van der Waals surface area contributed by atoms with Crippen LogP contribution >= 0.6 is 0 Å². The largest absolute Gasteiger partial charge is 0.496 e. The molecule has 0 heterocycles. The molecule has 16 heavy (non-hydrogen) atoms. The van der Waals surface area contributed by atoms with Gasteiger partial charge in [-0.05, 0) is 43.6 Å². The van der Waals surface area contributed by atoms with Gasteiger partial charge in [0.15, 0.2) is 0 Å². The Bertz CT molecular complexity index is 341. The molecule has 1 N–H and O–H groups in total. The van der Waals surface area contributed by atoms with E-state index in [0.717, 1.165) is 17.9 Å². The molecule has 2 atom stereocenters. The van der Waals surface area contributed by atoms with Gasteiger partial charge in [0, 0.05) is 5.56 Å². The quantitative estimate of drug-likeness (QED) is 0.832. The summed E-state index contributed by atoms with van der Waals surface area (Å²) in [4.78, 5) is 0. The van der Waals surface area contributed by atoms with E-state index in [4.69, 9.17) is 4.74 Å². The predicted molar refractivity (Wildman–Crippen MR) is 64.5 cm³/mol. The molecular formula is C13H20FNO. The van der Waals surface area contributed by atoms with Gasteiger partial charge in [-0.15, -0.1) is 0 Å². The SMILES string of the molecule is CNCC(C)C(C)c1cc(F)ccc1OC. The molecule has 1 aromatic carbocycles. The van der Waals surface area contributed by atoms with Gasteiger partial charge in [0.1, 0.15) is 11.6 Å². The second-order valence-electron chi connectivity index (χ2n) is 4.21. The molecule has 2 unspecified atom stereocenters. The standard InChI is InChI=1S/C13H20FNO/c1-9(8-15-3)10(2)12-7-11(14)5-6-13(12)16-4/h5-7,9-10,15H,8H2,1-4H3. The van der Waals surface area contributed by atoms with E-state index in [2.05, 4.69) is 19.2 Å². The van der Waals surface area contributed by atoms with Crippen molar-refractivity contribution in [2.75, 3.05) is 20.7 Å². The molecule has 2 nitrogen and oxygen atoms in total. The minimum absolute atomic E-state index is 0.209. The second-order valence-corrected chi connectivity index (χ2v) is 4.21. The van der Waals surface area contributed by atoms with Gasteiger partial charge in [-0.2, -0.15) is 0 Å². The van der Waals surface area contributed by atoms with Crippen LogP contribution in [0.15, 0.2) is 18.2 Å². The van der Waals surface area contributed by atoms with E-state index in [1.54, 1.807) is 19.2 Å². The maximum atomic E-state index is 13.2. The predicted octanol–water partition coefficient (Wildman–Crippen LogP) is 2.79. The molecule has 0 saturated carbocycles. The summed E-state index contributed by atoms with van der Waals surface area (Å²) < 4.78 is 18.5. The van der Waals surface area contributed by atoms with Crippen LogP contribution in [-0.2, 0) is 0 Å². The molecule has 0 saturated heterocycles. The number of halogens is 1. The Morgan fingerprint density at radius 1 is 1.38 bits per heavy atom. The average molecular weight is 225 g/mol. The molecule has 90 valence electrons. The fourth-order valence-corrected chi connectivity index (χ4v) is 1.87. The van der Waals surface area contributed by atoms with Crippen molar-refractivity contribution in [2.24, 2.45) is 5.92 Å². The highest BCUT2D eigenvalue weighted by atomic mass is 19.1. The Hall–Kier alpha value is -1.09. The van der Waals surface area contributed by atoms with Crippen molar-refractivity contribution in [1.82, 2.24) is 5.32 Å². The number of methoxy groups -OCH3 is 1. The summed E-state index contributed by atoms with van der Waals surface area (Å²) in [6.45, 7) is 5.14. The Morgan fingerprint density at radius 2 is 2.06 bits per heavy atom. The van der Waals surface area contributed by atoms with Gasteiger partial charge in [-0.3, -0.25) is 0 Å². The topological polar surface area (TPSA) is 21.3 Å². The number of benzene rings is 1. The molecule has 0 amide bonds. The average Bonchev–Trinajstić information content (AvgIpc) is 2.28. The van der Waals surface area contributed by atoms with E-state index in [1.807, 2.05) is 7.05 Å². The van der Waals surface area contributed by atoms with Crippen LogP contribution in [0.2, 0.25) is 0 Å². The van der Waals surface area contributed by atoms with E-state index in [-0.39, 0.29) is 11.7 Å². The zero-order chi connectivity index (χ0) is 12.1. The molecule has 0 fully saturated rings. The lowest BCUT2D eigenvalue weighted by molar-refractivity contribution is 0.390. The van der Waals surface area contributed by atoms with Crippen LogP contribution in [0, 0.1) is 11.7 Å². The van der Waals surface area contributed by atoms with Gasteiger partial charge < -0.3 is 10.1 Å². The molecule has 0 aliphatic heterocycles. The smallest absolute Gasteiger partial charge is 0.123 e. The molecule has 3 heteroatoms. The first-order valence-electron chi connectivity index (χ1n) is 5.58. The van der Waals surface area contributed by atoms with Gasteiger partial charge in [0.05, 0.1) is 7.11 Å². The summed E-state index contributed by atoms with van der Waals surface area (Å²) in [6.07, 6.45) is 0. The maximum Gasteiger partial charge on any atom is 0.123 e. The molecule has 0 spiro atoms. The highest BCUT2D eigenvalue weighted by molar-refractivity contribution is 5.36. The van der Waals surface area contributed by atoms with Crippen molar-refractivity contribution in [3.63, 3.8) is 0 Å². The summed E-state index contributed by atoms with van der Waals surface area (Å²) in [5.74, 6) is 1.25. The second kappa shape index (κ2) is 5.85. The van der Waals surface area contributed by atoms with Crippen LogP contribution < -0.4 is 10.1 Å². The van der Waals surface area contributed by atoms with Gasteiger partial charge in [0.2, 0.25) is 0 Å². The minimum Gasteiger partial charge on any atom is -0.496 e. The van der Waals surface area contributed by atoms with Crippen LogP contribution in [0.1, 0.15) is 25.3 Å². The lowest BCUT2D eigenvalue weighted by atomic mass is 9.88. The fraction of sp³-hybridized carbons (Fsp3) is 0.538. The summed E-state index contributed by atoms with van der Waals surface area (Å²) in [6, 6.07) is 4.68. The lowest BCUT2D eigenvalue weighted by Gasteiger charge is -2.22. The van der Waals surface area contributed by atoms with Gasteiger partial charge in [-0.1, -0.05) is 13.8 Å². The van der Waals surface area contributed by atoms with Crippen molar-refractivity contribution in [3.05, 3.63) is 29.6 Å². The maximum absolute atomic E-state index is 13.2. The Balaban J connectivity index is 2.96. The zero-order valence-corrected chi connectivity index (χ0v) is 10.4. The number of rotatable bonds is 5. The molecular weight excluding hydrogens is 205 g/mol. The van der Waals surface area contributed by atoms with Crippen molar-refractivity contribution in [2.45, 2.75) is 19.8 Å². The monoisotopic (exact) mass is 225 g/mol. The third kappa shape index (κ3) is 2.95. The van der Waals surface area contributed by atoms with Gasteiger partial charge >= 0.3 is 0 Å². The summed E-state index contributed by atoms with van der Waals surface area (Å²) in [5.41, 5.74) is 0.935. The Morgan fingerprint density at radius 3 is 2.62 bits per heavy atom. The summed E-state index contributed by atoms with van der Waals surface area (Å²) in [5, 5.41) is 3.14. The minimum atomic E-state index is -0.209. The third-order valence-corrected chi connectivity index (χ3v) is 3.06.